The quantitative estimate of drug-likeness (QED) is 0.691. The molecule has 7 heteroatoms. The molecule has 150 valence electrons. The predicted octanol–water partition coefficient (Wildman–Crippen LogP) is 2.92. The highest BCUT2D eigenvalue weighted by Gasteiger charge is 2.28. The minimum absolute atomic E-state index is 0.232. The molecule has 1 aromatic rings. The van der Waals surface area contributed by atoms with Crippen molar-refractivity contribution in [3.63, 3.8) is 0 Å². The number of carbonyl (C=O) groups excluding carboxylic acids is 1. The topological polar surface area (TPSA) is 69.7 Å². The van der Waals surface area contributed by atoms with Crippen LogP contribution in [-0.2, 0) is 15.0 Å². The lowest BCUT2D eigenvalue weighted by Gasteiger charge is -2.28. The Morgan fingerprint density at radius 2 is 1.93 bits per heavy atom. The summed E-state index contributed by atoms with van der Waals surface area (Å²) in [5.41, 5.74) is 3.67. The Kier molecular flexibility index (Phi) is 7.44. The van der Waals surface area contributed by atoms with Crippen molar-refractivity contribution in [1.29, 1.82) is 0 Å². The van der Waals surface area contributed by atoms with E-state index in [0.717, 1.165) is 34.7 Å². The van der Waals surface area contributed by atoms with E-state index >= 15 is 0 Å². The first kappa shape index (κ1) is 21.4. The van der Waals surface area contributed by atoms with Gasteiger partial charge in [-0.3, -0.25) is 4.79 Å². The third-order valence-corrected chi connectivity index (χ3v) is 6.62. The third kappa shape index (κ3) is 5.81. The molecule has 0 spiro atoms. The highest BCUT2D eigenvalue weighted by Crippen LogP contribution is 2.25. The van der Waals surface area contributed by atoms with E-state index in [0.29, 0.717) is 12.2 Å². The molecule has 1 aliphatic carbocycles. The second-order valence-electron chi connectivity index (χ2n) is 7.29. The maximum Gasteiger partial charge on any atom is 0.304 e. The lowest BCUT2D eigenvalue weighted by molar-refractivity contribution is -0.119. The molecule has 27 heavy (non-hydrogen) atoms. The fraction of sp³-hybridized carbons (Fsp3) is 0.550. The Bertz CT molecular complexity index is 801. The molecule has 0 unspecified atom stereocenters. The van der Waals surface area contributed by atoms with Gasteiger partial charge in [-0.25, -0.2) is 4.31 Å². The molecular formula is C20H31N3O3S. The van der Waals surface area contributed by atoms with Gasteiger partial charge >= 0.3 is 10.2 Å². The summed E-state index contributed by atoms with van der Waals surface area (Å²) < 4.78 is 27.9. The maximum atomic E-state index is 12.8. The van der Waals surface area contributed by atoms with Crippen LogP contribution in [0, 0.1) is 13.8 Å². The first-order valence-electron chi connectivity index (χ1n) is 9.44. The fourth-order valence-electron chi connectivity index (χ4n) is 3.16. The van der Waals surface area contributed by atoms with Gasteiger partial charge in [0.2, 0.25) is 5.91 Å². The lowest BCUT2D eigenvalue weighted by atomic mass is 9.97. The van der Waals surface area contributed by atoms with Crippen molar-refractivity contribution >= 4 is 21.8 Å². The van der Waals surface area contributed by atoms with Crippen LogP contribution in [0.1, 0.15) is 43.2 Å². The summed E-state index contributed by atoms with van der Waals surface area (Å²) in [6.07, 6.45) is 7.75. The van der Waals surface area contributed by atoms with E-state index in [1.54, 1.807) is 6.07 Å². The van der Waals surface area contributed by atoms with Gasteiger partial charge in [0, 0.05) is 20.6 Å². The summed E-state index contributed by atoms with van der Waals surface area (Å²) in [7, 11) is -0.831. The van der Waals surface area contributed by atoms with Crippen LogP contribution in [0.4, 0.5) is 5.69 Å². The van der Waals surface area contributed by atoms with Gasteiger partial charge in [-0.2, -0.15) is 12.7 Å². The number of nitrogens with zero attached hydrogens (tertiary/aromatic N) is 2. The summed E-state index contributed by atoms with van der Waals surface area (Å²) in [5, 5.41) is 2.87. The monoisotopic (exact) mass is 393 g/mol. The molecule has 0 saturated carbocycles. The number of carbonyl (C=O) groups is 1. The van der Waals surface area contributed by atoms with Gasteiger partial charge in [0.25, 0.3) is 0 Å². The Balaban J connectivity index is 2.11. The van der Waals surface area contributed by atoms with E-state index in [1.165, 1.54) is 36.8 Å². The summed E-state index contributed by atoms with van der Waals surface area (Å²) >= 11 is 0. The van der Waals surface area contributed by atoms with Crippen molar-refractivity contribution in [1.82, 2.24) is 9.62 Å². The summed E-state index contributed by atoms with van der Waals surface area (Å²) in [6, 6.07) is 5.60. The summed E-state index contributed by atoms with van der Waals surface area (Å²) in [4.78, 5) is 12.5. The van der Waals surface area contributed by atoms with Crippen LogP contribution >= 0.6 is 0 Å². The van der Waals surface area contributed by atoms with Crippen LogP contribution in [-0.4, -0.2) is 45.8 Å². The smallest absolute Gasteiger partial charge is 0.304 e. The van der Waals surface area contributed by atoms with Crippen molar-refractivity contribution in [2.75, 3.05) is 31.5 Å². The summed E-state index contributed by atoms with van der Waals surface area (Å²) in [5.74, 6) is -0.294. The van der Waals surface area contributed by atoms with Crippen LogP contribution in [0.2, 0.25) is 0 Å². The molecule has 0 radical (unpaired) electrons. The van der Waals surface area contributed by atoms with Crippen LogP contribution < -0.4 is 9.62 Å². The highest BCUT2D eigenvalue weighted by molar-refractivity contribution is 7.90. The van der Waals surface area contributed by atoms with Gasteiger partial charge in [0.15, 0.2) is 0 Å². The van der Waals surface area contributed by atoms with E-state index < -0.39 is 10.2 Å². The van der Waals surface area contributed by atoms with Crippen molar-refractivity contribution in [2.24, 2.45) is 0 Å². The van der Waals surface area contributed by atoms with Crippen LogP contribution in [0.25, 0.3) is 0 Å². The minimum atomic E-state index is -3.78. The van der Waals surface area contributed by atoms with E-state index in [-0.39, 0.29) is 12.5 Å². The van der Waals surface area contributed by atoms with Gasteiger partial charge < -0.3 is 5.32 Å². The predicted molar refractivity (Wildman–Crippen MR) is 110 cm³/mol. The molecule has 1 N–H and O–H groups in total. The Hall–Kier alpha value is -1.86. The molecule has 2 rings (SSSR count). The van der Waals surface area contributed by atoms with Gasteiger partial charge in [0.1, 0.15) is 6.54 Å². The molecule has 0 fully saturated rings. The number of nitrogens with one attached hydrogen (secondary N) is 1. The zero-order chi connectivity index (χ0) is 20.0. The first-order valence-corrected chi connectivity index (χ1v) is 10.8. The third-order valence-electron chi connectivity index (χ3n) is 4.81. The van der Waals surface area contributed by atoms with Crippen molar-refractivity contribution < 1.29 is 13.2 Å². The van der Waals surface area contributed by atoms with Crippen molar-refractivity contribution in [3.05, 3.63) is 41.0 Å². The van der Waals surface area contributed by atoms with Gasteiger partial charge in [-0.1, -0.05) is 23.8 Å². The number of hydrogen-bond acceptors (Lipinski definition) is 3. The van der Waals surface area contributed by atoms with Gasteiger partial charge in [-0.05, 0) is 63.1 Å². The largest absolute Gasteiger partial charge is 0.354 e. The zero-order valence-corrected chi connectivity index (χ0v) is 17.6. The lowest BCUT2D eigenvalue weighted by Crippen LogP contribution is -2.46. The standard InChI is InChI=1S/C20H31N3O3S/c1-16-10-11-17(2)19(14-16)23(27(25,26)22(3)4)15-20(24)21-13-12-18-8-6-5-7-9-18/h8,10-11,14H,5-7,9,12-13,15H2,1-4H3,(H,21,24). The van der Waals surface area contributed by atoms with Gasteiger partial charge in [-0.15, -0.1) is 0 Å². The van der Waals surface area contributed by atoms with Crippen LogP contribution in [0.5, 0.6) is 0 Å². The normalized spacial score (nSPS) is 14.8. The van der Waals surface area contributed by atoms with Gasteiger partial charge in [0.05, 0.1) is 5.69 Å². The molecule has 0 aliphatic heterocycles. The van der Waals surface area contributed by atoms with E-state index in [1.807, 2.05) is 26.0 Å². The molecule has 6 nitrogen and oxygen atoms in total. The number of allylic oxidation sites excluding steroid dienone is 1. The molecule has 1 aliphatic rings. The molecule has 1 amide bonds. The average Bonchev–Trinajstić information content (AvgIpc) is 2.62. The van der Waals surface area contributed by atoms with Crippen molar-refractivity contribution in [3.8, 4) is 0 Å². The second kappa shape index (κ2) is 9.37. The highest BCUT2D eigenvalue weighted by atomic mass is 32.2. The number of anilines is 1. The number of aryl methyl sites for hydroxylation is 2. The fourth-order valence-corrected chi connectivity index (χ4v) is 4.28. The second-order valence-corrected chi connectivity index (χ2v) is 9.36. The first-order chi connectivity index (χ1) is 12.7. The molecule has 0 bridgehead atoms. The SMILES string of the molecule is Cc1ccc(C)c(N(CC(=O)NCCC2=CCCCC2)S(=O)(=O)N(C)C)c1. The molecule has 0 atom stereocenters. The number of hydrogen-bond donors (Lipinski definition) is 1. The molecular weight excluding hydrogens is 362 g/mol. The maximum absolute atomic E-state index is 12.8. The van der Waals surface area contributed by atoms with Crippen LogP contribution in [0.15, 0.2) is 29.8 Å². The molecule has 0 saturated heterocycles. The Morgan fingerprint density at radius 1 is 1.19 bits per heavy atom. The van der Waals surface area contributed by atoms with E-state index in [4.69, 9.17) is 0 Å². The zero-order valence-electron chi connectivity index (χ0n) is 16.8. The average molecular weight is 394 g/mol. The van der Waals surface area contributed by atoms with E-state index in [9.17, 15) is 13.2 Å². The van der Waals surface area contributed by atoms with Crippen LogP contribution in [0.3, 0.4) is 0 Å². The van der Waals surface area contributed by atoms with Crippen molar-refractivity contribution in [2.45, 2.75) is 46.0 Å². The molecule has 0 aromatic heterocycles. The molecule has 0 heterocycles. The van der Waals surface area contributed by atoms with E-state index in [2.05, 4.69) is 11.4 Å². The Labute approximate surface area is 163 Å². The number of rotatable bonds is 8. The minimum Gasteiger partial charge on any atom is -0.354 e. The Morgan fingerprint density at radius 3 is 2.56 bits per heavy atom. The number of amides is 1. The summed E-state index contributed by atoms with van der Waals surface area (Å²) in [6.45, 7) is 4.05. The number of benzene rings is 1. The molecule has 1 aromatic carbocycles.